The maximum absolute atomic E-state index is 11.3. The molecular formula is C8H7Cl2O5P. The van der Waals surface area contributed by atoms with Gasteiger partial charge in [0.25, 0.3) is 0 Å². The summed E-state index contributed by atoms with van der Waals surface area (Å²) < 4.78 is 24.0. The highest BCUT2D eigenvalue weighted by Gasteiger charge is 2.28. The maximum atomic E-state index is 11.3. The molecule has 0 fully saturated rings. The van der Waals surface area contributed by atoms with Crippen molar-refractivity contribution in [3.05, 3.63) is 29.8 Å². The molecule has 0 spiro atoms. The van der Waals surface area contributed by atoms with Gasteiger partial charge in [-0.05, 0) is 31.2 Å². The van der Waals surface area contributed by atoms with E-state index in [0.29, 0.717) is 5.56 Å². The summed E-state index contributed by atoms with van der Waals surface area (Å²) in [6, 6.07) is 5.80. The van der Waals surface area contributed by atoms with E-state index in [0.717, 1.165) is 0 Å². The molecule has 1 aromatic rings. The van der Waals surface area contributed by atoms with Gasteiger partial charge in [-0.3, -0.25) is 4.79 Å². The molecule has 0 saturated heterocycles. The van der Waals surface area contributed by atoms with E-state index in [9.17, 15) is 9.36 Å². The van der Waals surface area contributed by atoms with E-state index in [1.54, 1.807) is 0 Å². The Hall–Kier alpha value is -0.580. The van der Waals surface area contributed by atoms with Crippen LogP contribution >= 0.6 is 31.6 Å². The number of carbonyl (C=O) groups excluding carboxylic acids is 1. The van der Waals surface area contributed by atoms with Crippen molar-refractivity contribution in [3.8, 4) is 5.75 Å². The Balaban J connectivity index is 2.83. The van der Waals surface area contributed by atoms with Gasteiger partial charge in [0.2, 0.25) is 0 Å². The fraction of sp³-hybridized carbons (Fsp3) is 0.125. The highest BCUT2D eigenvalue weighted by atomic mass is 35.5. The van der Waals surface area contributed by atoms with Gasteiger partial charge in [0.15, 0.2) is 5.78 Å². The number of Topliss-reactive ketones (excluding diaryl/α,β-unsaturated/α-hetero) is 1. The van der Waals surface area contributed by atoms with Gasteiger partial charge < -0.3 is 4.52 Å². The highest BCUT2D eigenvalue weighted by molar-refractivity contribution is 7.50. The summed E-state index contributed by atoms with van der Waals surface area (Å²) >= 11 is 9.78. The topological polar surface area (TPSA) is 61.8 Å². The molecule has 0 aliphatic carbocycles. The molecule has 0 atom stereocenters. The molecule has 0 unspecified atom stereocenters. The van der Waals surface area contributed by atoms with Gasteiger partial charge in [-0.1, -0.05) is 0 Å². The van der Waals surface area contributed by atoms with Crippen LogP contribution in [0, 0.1) is 0 Å². The van der Waals surface area contributed by atoms with Crippen LogP contribution in [-0.2, 0) is 12.7 Å². The molecule has 0 N–H and O–H groups in total. The summed E-state index contributed by atoms with van der Waals surface area (Å²) in [7, 11) is -4.00. The van der Waals surface area contributed by atoms with E-state index in [-0.39, 0.29) is 11.5 Å². The van der Waals surface area contributed by atoms with E-state index in [4.69, 9.17) is 28.3 Å². The molecule has 1 aromatic carbocycles. The number of benzene rings is 1. The second kappa shape index (κ2) is 5.66. The van der Waals surface area contributed by atoms with Gasteiger partial charge >= 0.3 is 7.82 Å². The van der Waals surface area contributed by atoms with Crippen molar-refractivity contribution < 1.29 is 22.0 Å². The molecule has 0 bridgehead atoms. The maximum Gasteiger partial charge on any atom is 0.563 e. The lowest BCUT2D eigenvalue weighted by Gasteiger charge is -2.10. The second-order valence-corrected chi connectivity index (χ2v) is 4.94. The van der Waals surface area contributed by atoms with Crippen LogP contribution in [0.5, 0.6) is 5.75 Å². The van der Waals surface area contributed by atoms with Gasteiger partial charge in [0, 0.05) is 5.56 Å². The third-order valence-corrected chi connectivity index (χ3v) is 3.43. The first-order chi connectivity index (χ1) is 7.50. The van der Waals surface area contributed by atoms with Crippen molar-refractivity contribution in [1.82, 2.24) is 0 Å². The Morgan fingerprint density at radius 3 is 2.06 bits per heavy atom. The summed E-state index contributed by atoms with van der Waals surface area (Å²) in [5, 5.41) is 0. The molecule has 1 rings (SSSR count). The van der Waals surface area contributed by atoms with E-state index < -0.39 is 7.82 Å². The lowest BCUT2D eigenvalue weighted by Crippen LogP contribution is -1.94. The molecule has 16 heavy (non-hydrogen) atoms. The number of ketones is 1. The molecule has 0 aliphatic rings. The summed E-state index contributed by atoms with van der Waals surface area (Å²) in [6.07, 6.45) is 0. The Labute approximate surface area is 102 Å². The molecule has 0 heterocycles. The Morgan fingerprint density at radius 2 is 1.69 bits per heavy atom. The molecule has 0 aromatic heterocycles. The molecule has 5 nitrogen and oxygen atoms in total. The van der Waals surface area contributed by atoms with Crippen LogP contribution in [0.2, 0.25) is 0 Å². The molecule has 0 aliphatic heterocycles. The van der Waals surface area contributed by atoms with Crippen LogP contribution < -0.4 is 4.52 Å². The van der Waals surface area contributed by atoms with E-state index in [1.165, 1.54) is 31.2 Å². The molecule has 0 radical (unpaired) electrons. The number of phosphoric acid groups is 1. The first kappa shape index (κ1) is 13.5. The van der Waals surface area contributed by atoms with Gasteiger partial charge in [-0.2, -0.15) is 8.15 Å². The zero-order valence-electron chi connectivity index (χ0n) is 8.05. The zero-order chi connectivity index (χ0) is 12.2. The van der Waals surface area contributed by atoms with Crippen molar-refractivity contribution in [2.45, 2.75) is 6.92 Å². The Bertz CT molecular complexity index is 411. The van der Waals surface area contributed by atoms with Crippen LogP contribution in [-0.4, -0.2) is 5.78 Å². The normalized spacial score (nSPS) is 11.2. The second-order valence-electron chi connectivity index (χ2n) is 2.76. The summed E-state index contributed by atoms with van der Waals surface area (Å²) in [4.78, 5) is 11.0. The minimum Gasteiger partial charge on any atom is -0.402 e. The zero-order valence-corrected chi connectivity index (χ0v) is 10.5. The summed E-state index contributed by atoms with van der Waals surface area (Å²) in [6.45, 7) is 1.42. The first-order valence-electron chi connectivity index (χ1n) is 4.02. The van der Waals surface area contributed by atoms with Crippen molar-refractivity contribution in [1.29, 1.82) is 0 Å². The lowest BCUT2D eigenvalue weighted by atomic mass is 10.1. The van der Waals surface area contributed by atoms with Gasteiger partial charge in [-0.25, -0.2) is 4.57 Å². The van der Waals surface area contributed by atoms with Crippen LogP contribution in [0.1, 0.15) is 17.3 Å². The molecule has 88 valence electrons. The number of carbonyl (C=O) groups is 1. The number of hydrogen-bond donors (Lipinski definition) is 0. The SMILES string of the molecule is CC(=O)c1ccc(OP(=O)(OCl)OCl)cc1. The van der Waals surface area contributed by atoms with E-state index in [2.05, 4.69) is 8.15 Å². The van der Waals surface area contributed by atoms with Crippen LogP contribution in [0.25, 0.3) is 0 Å². The van der Waals surface area contributed by atoms with Crippen LogP contribution in [0.15, 0.2) is 24.3 Å². The van der Waals surface area contributed by atoms with E-state index in [1.807, 2.05) is 0 Å². The highest BCUT2D eigenvalue weighted by Crippen LogP contribution is 2.51. The minimum atomic E-state index is -4.00. The van der Waals surface area contributed by atoms with Crippen molar-refractivity contribution in [3.63, 3.8) is 0 Å². The first-order valence-corrected chi connectivity index (χ1v) is 6.10. The number of halogens is 2. The van der Waals surface area contributed by atoms with Crippen LogP contribution in [0.3, 0.4) is 0 Å². The molecule has 8 heteroatoms. The fourth-order valence-corrected chi connectivity index (χ4v) is 1.80. The minimum absolute atomic E-state index is 0.100. The molecule has 0 amide bonds. The summed E-state index contributed by atoms with van der Waals surface area (Å²) in [5.74, 6) is 0.0477. The van der Waals surface area contributed by atoms with Crippen LogP contribution in [0.4, 0.5) is 0 Å². The predicted molar refractivity (Wildman–Crippen MR) is 58.6 cm³/mol. The molecule has 0 saturated carbocycles. The van der Waals surface area contributed by atoms with Crippen molar-refractivity contribution >= 4 is 37.3 Å². The van der Waals surface area contributed by atoms with Gasteiger partial charge in [-0.15, -0.1) is 0 Å². The quantitative estimate of drug-likeness (QED) is 0.609. The largest absolute Gasteiger partial charge is 0.563 e. The van der Waals surface area contributed by atoms with Crippen molar-refractivity contribution in [2.24, 2.45) is 0 Å². The van der Waals surface area contributed by atoms with Gasteiger partial charge in [0.1, 0.15) is 5.75 Å². The lowest BCUT2D eigenvalue weighted by molar-refractivity contribution is 0.101. The van der Waals surface area contributed by atoms with Gasteiger partial charge in [0.05, 0.1) is 23.7 Å². The third kappa shape index (κ3) is 3.47. The third-order valence-electron chi connectivity index (χ3n) is 1.65. The van der Waals surface area contributed by atoms with E-state index >= 15 is 0 Å². The average molecular weight is 285 g/mol. The monoisotopic (exact) mass is 284 g/mol. The fourth-order valence-electron chi connectivity index (χ4n) is 0.918. The predicted octanol–water partition coefficient (Wildman–Crippen LogP) is 3.72. The standard InChI is InChI=1S/C8H7Cl2O5P/c1-6(11)7-2-4-8(5-3-7)13-16(12,14-9)15-10/h2-5H,1H3. The summed E-state index contributed by atoms with van der Waals surface area (Å²) in [5.41, 5.74) is 0.487. The Morgan fingerprint density at radius 1 is 1.19 bits per heavy atom. The average Bonchev–Trinajstić information content (AvgIpc) is 2.29. The number of hydrogen-bond acceptors (Lipinski definition) is 5. The smallest absolute Gasteiger partial charge is 0.402 e. The molecular weight excluding hydrogens is 278 g/mol. The number of rotatable bonds is 5. The van der Waals surface area contributed by atoms with Crippen molar-refractivity contribution in [2.75, 3.05) is 0 Å². The Kier molecular flexibility index (Phi) is 4.77.